The van der Waals surface area contributed by atoms with Crippen LogP contribution in [0.3, 0.4) is 0 Å². The molecule has 0 saturated heterocycles. The van der Waals surface area contributed by atoms with Crippen LogP contribution < -0.4 is 5.90 Å². The van der Waals surface area contributed by atoms with Crippen molar-refractivity contribution in [1.82, 2.24) is 0 Å². The molecule has 0 aliphatic carbocycles. The van der Waals surface area contributed by atoms with Crippen molar-refractivity contribution in [2.24, 2.45) is 5.90 Å². The van der Waals surface area contributed by atoms with Crippen LogP contribution in [-0.4, -0.2) is 6.26 Å². The molecule has 2 nitrogen and oxygen atoms in total. The van der Waals surface area contributed by atoms with Crippen molar-refractivity contribution in [2.45, 2.75) is 18.4 Å². The Balaban J connectivity index is 2.89. The molecule has 0 spiro atoms. The lowest BCUT2D eigenvalue weighted by atomic mass is 10.2. The molecule has 0 unspecified atom stereocenters. The van der Waals surface area contributed by atoms with Gasteiger partial charge >= 0.3 is 0 Å². The molecule has 0 amide bonds. The molecule has 0 heterocycles. The second-order valence-corrected chi connectivity index (χ2v) is 3.46. The van der Waals surface area contributed by atoms with Gasteiger partial charge in [-0.2, -0.15) is 0 Å². The maximum atomic E-state index is 4.98. The quantitative estimate of drug-likeness (QED) is 0.576. The van der Waals surface area contributed by atoms with Crippen LogP contribution in [0.2, 0.25) is 0 Å². The molecule has 1 aromatic carbocycles. The smallest absolute Gasteiger partial charge is 0.0930 e. The molecular formula is C9H13NOS. The van der Waals surface area contributed by atoms with Gasteiger partial charge in [0.05, 0.1) is 6.61 Å². The van der Waals surface area contributed by atoms with E-state index in [1.165, 1.54) is 10.5 Å². The van der Waals surface area contributed by atoms with E-state index in [9.17, 15) is 0 Å². The van der Waals surface area contributed by atoms with E-state index in [1.807, 2.05) is 6.07 Å². The predicted molar refractivity (Wildman–Crippen MR) is 51.9 cm³/mol. The number of thioether (sulfide) groups is 1. The molecule has 0 aliphatic rings. The van der Waals surface area contributed by atoms with E-state index in [0.29, 0.717) is 6.61 Å². The molecule has 1 rings (SSSR count). The zero-order valence-electron chi connectivity index (χ0n) is 7.33. The average molecular weight is 183 g/mol. The van der Waals surface area contributed by atoms with Gasteiger partial charge in [0, 0.05) is 4.90 Å². The van der Waals surface area contributed by atoms with Crippen molar-refractivity contribution in [1.29, 1.82) is 0 Å². The number of nitrogens with two attached hydrogens (primary N) is 1. The summed E-state index contributed by atoms with van der Waals surface area (Å²) in [5.74, 6) is 4.98. The highest BCUT2D eigenvalue weighted by Crippen LogP contribution is 2.21. The van der Waals surface area contributed by atoms with E-state index >= 15 is 0 Å². The zero-order chi connectivity index (χ0) is 8.97. The fraction of sp³-hybridized carbons (Fsp3) is 0.333. The summed E-state index contributed by atoms with van der Waals surface area (Å²) in [5, 5.41) is 0. The fourth-order valence-electron chi connectivity index (χ4n) is 1.05. The summed E-state index contributed by atoms with van der Waals surface area (Å²) in [4.78, 5) is 5.84. The molecule has 1 aromatic rings. The summed E-state index contributed by atoms with van der Waals surface area (Å²) >= 11 is 1.74. The maximum Gasteiger partial charge on any atom is 0.0930 e. The van der Waals surface area contributed by atoms with Gasteiger partial charge in [-0.3, -0.25) is 4.84 Å². The summed E-state index contributed by atoms with van der Waals surface area (Å²) in [6, 6.07) is 6.22. The highest BCUT2D eigenvalue weighted by molar-refractivity contribution is 7.98. The zero-order valence-corrected chi connectivity index (χ0v) is 8.15. The summed E-state index contributed by atoms with van der Waals surface area (Å²) in [6.45, 7) is 2.58. The van der Waals surface area contributed by atoms with Crippen LogP contribution in [0.4, 0.5) is 0 Å². The maximum absolute atomic E-state index is 4.98. The SMILES string of the molecule is CSc1cc(CON)ccc1C. The van der Waals surface area contributed by atoms with Crippen LogP contribution in [0.25, 0.3) is 0 Å². The van der Waals surface area contributed by atoms with Gasteiger partial charge in [0.1, 0.15) is 0 Å². The largest absolute Gasteiger partial charge is 0.300 e. The van der Waals surface area contributed by atoms with Crippen LogP contribution in [0.5, 0.6) is 0 Å². The Kier molecular flexibility index (Phi) is 3.59. The first-order chi connectivity index (χ1) is 5.77. The second-order valence-electron chi connectivity index (χ2n) is 2.61. The Labute approximate surface area is 77.1 Å². The van der Waals surface area contributed by atoms with Crippen LogP contribution >= 0.6 is 11.8 Å². The van der Waals surface area contributed by atoms with Gasteiger partial charge in [-0.25, -0.2) is 5.90 Å². The fourth-order valence-corrected chi connectivity index (χ4v) is 1.71. The highest BCUT2D eigenvalue weighted by atomic mass is 32.2. The summed E-state index contributed by atoms with van der Waals surface area (Å²) in [7, 11) is 0. The minimum Gasteiger partial charge on any atom is -0.300 e. The Hall–Kier alpha value is -0.510. The highest BCUT2D eigenvalue weighted by Gasteiger charge is 1.98. The number of hydrogen-bond donors (Lipinski definition) is 1. The molecule has 0 saturated carbocycles. The number of hydrogen-bond acceptors (Lipinski definition) is 3. The van der Waals surface area contributed by atoms with E-state index in [1.54, 1.807) is 11.8 Å². The van der Waals surface area contributed by atoms with Crippen LogP contribution in [0.15, 0.2) is 23.1 Å². The van der Waals surface area contributed by atoms with Gasteiger partial charge in [0.15, 0.2) is 0 Å². The van der Waals surface area contributed by atoms with Gasteiger partial charge < -0.3 is 0 Å². The number of benzene rings is 1. The minimum atomic E-state index is 0.480. The molecule has 0 fully saturated rings. The van der Waals surface area contributed by atoms with E-state index in [0.717, 1.165) is 5.56 Å². The molecule has 3 heteroatoms. The monoisotopic (exact) mass is 183 g/mol. The first kappa shape index (κ1) is 9.58. The molecule has 0 aromatic heterocycles. The lowest BCUT2D eigenvalue weighted by Crippen LogP contribution is -1.99. The van der Waals surface area contributed by atoms with Gasteiger partial charge in [-0.15, -0.1) is 11.8 Å². The third-order valence-electron chi connectivity index (χ3n) is 1.72. The predicted octanol–water partition coefficient (Wildman–Crippen LogP) is 2.11. The molecule has 12 heavy (non-hydrogen) atoms. The standard InChI is InChI=1S/C9H13NOS/c1-7-3-4-8(6-11-10)5-9(7)12-2/h3-5H,6,10H2,1-2H3. The van der Waals surface area contributed by atoms with Crippen molar-refractivity contribution in [2.75, 3.05) is 6.26 Å². The van der Waals surface area contributed by atoms with E-state index in [4.69, 9.17) is 5.90 Å². The van der Waals surface area contributed by atoms with Gasteiger partial charge in [-0.05, 0) is 30.4 Å². The van der Waals surface area contributed by atoms with Gasteiger partial charge in [0.25, 0.3) is 0 Å². The topological polar surface area (TPSA) is 35.2 Å². The third kappa shape index (κ3) is 2.24. The van der Waals surface area contributed by atoms with Gasteiger partial charge in [-0.1, -0.05) is 12.1 Å². The third-order valence-corrected chi connectivity index (χ3v) is 2.60. The first-order valence-electron chi connectivity index (χ1n) is 3.73. The Bertz CT molecular complexity index is 263. The van der Waals surface area contributed by atoms with Crippen molar-refractivity contribution in [3.8, 4) is 0 Å². The molecule has 0 atom stereocenters. The van der Waals surface area contributed by atoms with Crippen LogP contribution in [0, 0.1) is 6.92 Å². The van der Waals surface area contributed by atoms with Crippen LogP contribution in [-0.2, 0) is 11.4 Å². The first-order valence-corrected chi connectivity index (χ1v) is 4.95. The summed E-state index contributed by atoms with van der Waals surface area (Å²) < 4.78 is 0. The van der Waals surface area contributed by atoms with Crippen molar-refractivity contribution >= 4 is 11.8 Å². The average Bonchev–Trinajstić information content (AvgIpc) is 2.09. The van der Waals surface area contributed by atoms with E-state index in [-0.39, 0.29) is 0 Å². The van der Waals surface area contributed by atoms with Crippen molar-refractivity contribution < 1.29 is 4.84 Å². The summed E-state index contributed by atoms with van der Waals surface area (Å²) in [6.07, 6.45) is 2.06. The van der Waals surface area contributed by atoms with E-state index in [2.05, 4.69) is 30.1 Å². The normalized spacial score (nSPS) is 10.2. The van der Waals surface area contributed by atoms with Gasteiger partial charge in [0.2, 0.25) is 0 Å². The molecule has 0 aliphatic heterocycles. The van der Waals surface area contributed by atoms with Crippen molar-refractivity contribution in [3.05, 3.63) is 29.3 Å². The molecule has 0 radical (unpaired) electrons. The van der Waals surface area contributed by atoms with Crippen molar-refractivity contribution in [3.63, 3.8) is 0 Å². The lowest BCUT2D eigenvalue weighted by molar-refractivity contribution is 0.124. The second kappa shape index (κ2) is 4.50. The minimum absolute atomic E-state index is 0.480. The number of aryl methyl sites for hydroxylation is 1. The molecule has 0 bridgehead atoms. The molecule has 66 valence electrons. The molecular weight excluding hydrogens is 170 g/mol. The Morgan fingerprint density at radius 3 is 2.83 bits per heavy atom. The Morgan fingerprint density at radius 1 is 1.50 bits per heavy atom. The van der Waals surface area contributed by atoms with Crippen LogP contribution in [0.1, 0.15) is 11.1 Å². The Morgan fingerprint density at radius 2 is 2.25 bits per heavy atom. The van der Waals surface area contributed by atoms with E-state index < -0.39 is 0 Å². The summed E-state index contributed by atoms with van der Waals surface area (Å²) in [5.41, 5.74) is 2.41. The molecule has 2 N–H and O–H groups in total. The number of rotatable bonds is 3. The lowest BCUT2D eigenvalue weighted by Gasteiger charge is -2.04.